The Balaban J connectivity index is 1.54. The summed E-state index contributed by atoms with van der Waals surface area (Å²) >= 11 is 12.2. The molecule has 0 saturated heterocycles. The molecule has 1 amide bonds. The largest absolute Gasteiger partial charge is 0.487 e. The Morgan fingerprint density at radius 2 is 1.88 bits per heavy atom. The number of amides is 1. The van der Waals surface area contributed by atoms with Gasteiger partial charge in [0.05, 0.1) is 28.8 Å². The van der Waals surface area contributed by atoms with E-state index in [0.717, 1.165) is 11.1 Å². The lowest BCUT2D eigenvalue weighted by molar-refractivity contribution is -0.118. The summed E-state index contributed by atoms with van der Waals surface area (Å²) in [5.74, 6) is -0.0646. The van der Waals surface area contributed by atoms with Crippen LogP contribution in [0.5, 0.6) is 5.75 Å². The Hall–Kier alpha value is -3.39. The molecule has 1 aromatic heterocycles. The van der Waals surface area contributed by atoms with Gasteiger partial charge in [0.25, 0.3) is 5.56 Å². The van der Waals surface area contributed by atoms with Crippen LogP contribution in [0.25, 0.3) is 10.9 Å². The Kier molecular flexibility index (Phi) is 6.93. The van der Waals surface area contributed by atoms with Gasteiger partial charge in [-0.05, 0) is 41.5 Å². The highest BCUT2D eigenvalue weighted by Crippen LogP contribution is 2.28. The van der Waals surface area contributed by atoms with Gasteiger partial charge in [0, 0.05) is 16.8 Å². The molecule has 0 aliphatic rings. The van der Waals surface area contributed by atoms with Gasteiger partial charge in [-0.25, -0.2) is 4.98 Å². The SMILES string of the molecule is O=C(CO)Nc1ccc2ncn(Cc3cccc(COc4cc(Cl)ccc4Cl)c3)c(=O)c2c1. The van der Waals surface area contributed by atoms with E-state index in [9.17, 15) is 9.59 Å². The molecule has 0 atom stereocenters. The van der Waals surface area contributed by atoms with Crippen molar-refractivity contribution >= 4 is 45.7 Å². The van der Waals surface area contributed by atoms with Crippen molar-refractivity contribution in [2.24, 2.45) is 0 Å². The predicted octanol–water partition coefficient (Wildman–Crippen LogP) is 4.26. The van der Waals surface area contributed by atoms with Crippen molar-refractivity contribution in [2.75, 3.05) is 11.9 Å². The number of benzene rings is 3. The molecule has 3 aromatic carbocycles. The van der Waals surface area contributed by atoms with E-state index in [1.54, 1.807) is 36.4 Å². The van der Waals surface area contributed by atoms with E-state index in [2.05, 4.69) is 10.3 Å². The summed E-state index contributed by atoms with van der Waals surface area (Å²) in [6.07, 6.45) is 1.49. The Bertz CT molecular complexity index is 1390. The average molecular weight is 484 g/mol. The van der Waals surface area contributed by atoms with Crippen LogP contribution in [0.15, 0.2) is 71.8 Å². The van der Waals surface area contributed by atoms with Crippen molar-refractivity contribution in [3.8, 4) is 5.75 Å². The van der Waals surface area contributed by atoms with Crippen LogP contribution in [-0.2, 0) is 17.9 Å². The summed E-state index contributed by atoms with van der Waals surface area (Å²) in [5, 5.41) is 12.8. The molecule has 33 heavy (non-hydrogen) atoms. The van der Waals surface area contributed by atoms with Crippen molar-refractivity contribution < 1.29 is 14.6 Å². The standard InChI is InChI=1S/C24H19Cl2N3O4/c25-17-4-6-20(26)22(9-17)33-13-16-3-1-2-15(8-16)11-29-14-27-21-7-5-18(28-23(31)12-30)10-19(21)24(29)32/h1-10,14,30H,11-13H2,(H,28,31). The third kappa shape index (κ3) is 5.51. The number of anilines is 1. The second-order valence-electron chi connectivity index (χ2n) is 7.30. The van der Waals surface area contributed by atoms with E-state index in [4.69, 9.17) is 33.0 Å². The fourth-order valence-electron chi connectivity index (χ4n) is 3.31. The summed E-state index contributed by atoms with van der Waals surface area (Å²) in [6, 6.07) is 17.5. The number of nitrogens with zero attached hydrogens (tertiary/aromatic N) is 2. The van der Waals surface area contributed by atoms with Gasteiger partial charge in [-0.3, -0.25) is 14.2 Å². The van der Waals surface area contributed by atoms with E-state index < -0.39 is 12.5 Å². The summed E-state index contributed by atoms with van der Waals surface area (Å²) in [6.45, 7) is -0.0493. The Morgan fingerprint density at radius 3 is 2.70 bits per heavy atom. The lowest BCUT2D eigenvalue weighted by Crippen LogP contribution is -2.22. The fourth-order valence-corrected chi connectivity index (χ4v) is 3.65. The second-order valence-corrected chi connectivity index (χ2v) is 8.14. The summed E-state index contributed by atoms with van der Waals surface area (Å²) in [5.41, 5.74) is 2.48. The van der Waals surface area contributed by atoms with Crippen LogP contribution in [0.2, 0.25) is 10.0 Å². The molecule has 0 spiro atoms. The van der Waals surface area contributed by atoms with Crippen LogP contribution in [0, 0.1) is 0 Å². The molecule has 7 nitrogen and oxygen atoms in total. The molecule has 1 heterocycles. The molecule has 0 radical (unpaired) electrons. The maximum absolute atomic E-state index is 13.0. The first-order valence-corrected chi connectivity index (χ1v) is 10.7. The number of fused-ring (bicyclic) bond motifs is 1. The predicted molar refractivity (Wildman–Crippen MR) is 128 cm³/mol. The van der Waals surface area contributed by atoms with E-state index in [1.165, 1.54) is 10.9 Å². The fraction of sp³-hybridized carbons (Fsp3) is 0.125. The first-order valence-electron chi connectivity index (χ1n) is 9.98. The third-order valence-corrected chi connectivity index (χ3v) is 5.43. The number of carbonyl (C=O) groups is 1. The molecule has 4 rings (SSSR count). The molecule has 2 N–H and O–H groups in total. The van der Waals surface area contributed by atoms with Crippen molar-refractivity contribution in [2.45, 2.75) is 13.2 Å². The lowest BCUT2D eigenvalue weighted by Gasteiger charge is -2.11. The molecule has 0 aliphatic carbocycles. The molecule has 0 unspecified atom stereocenters. The first kappa shape index (κ1) is 22.8. The number of nitrogens with one attached hydrogen (secondary N) is 1. The van der Waals surface area contributed by atoms with Gasteiger partial charge in [0.1, 0.15) is 19.0 Å². The van der Waals surface area contributed by atoms with Gasteiger partial charge < -0.3 is 15.2 Å². The number of aliphatic hydroxyl groups excluding tert-OH is 1. The van der Waals surface area contributed by atoms with Gasteiger partial charge in [-0.1, -0.05) is 47.5 Å². The molecule has 0 aliphatic heterocycles. The zero-order chi connectivity index (χ0) is 23.4. The monoisotopic (exact) mass is 483 g/mol. The molecule has 0 saturated carbocycles. The van der Waals surface area contributed by atoms with Gasteiger partial charge in [-0.2, -0.15) is 0 Å². The van der Waals surface area contributed by atoms with E-state index in [1.807, 2.05) is 24.3 Å². The van der Waals surface area contributed by atoms with Crippen LogP contribution in [0.4, 0.5) is 5.69 Å². The van der Waals surface area contributed by atoms with Crippen LogP contribution in [0.3, 0.4) is 0 Å². The quantitative estimate of drug-likeness (QED) is 0.409. The maximum atomic E-state index is 13.0. The minimum Gasteiger partial charge on any atom is -0.487 e. The minimum atomic E-state index is -0.640. The third-order valence-electron chi connectivity index (χ3n) is 4.88. The zero-order valence-corrected chi connectivity index (χ0v) is 18.8. The van der Waals surface area contributed by atoms with Crippen molar-refractivity contribution in [3.63, 3.8) is 0 Å². The number of hydrogen-bond donors (Lipinski definition) is 2. The lowest BCUT2D eigenvalue weighted by atomic mass is 10.1. The van der Waals surface area contributed by atoms with Gasteiger partial charge in [0.2, 0.25) is 5.91 Å². The second kappa shape index (κ2) is 10.0. The van der Waals surface area contributed by atoms with Crippen molar-refractivity contribution in [3.05, 3.63) is 98.5 Å². The Labute approximate surface area is 199 Å². The van der Waals surface area contributed by atoms with Crippen LogP contribution in [-0.4, -0.2) is 27.2 Å². The molecule has 0 bridgehead atoms. The number of halogens is 2. The minimum absolute atomic E-state index is 0.243. The van der Waals surface area contributed by atoms with Crippen molar-refractivity contribution in [1.29, 1.82) is 0 Å². The van der Waals surface area contributed by atoms with Crippen molar-refractivity contribution in [1.82, 2.24) is 9.55 Å². The normalized spacial score (nSPS) is 10.9. The molecule has 0 fully saturated rings. The summed E-state index contributed by atoms with van der Waals surface area (Å²) in [7, 11) is 0. The number of carbonyl (C=O) groups excluding carboxylic acids is 1. The zero-order valence-electron chi connectivity index (χ0n) is 17.3. The molecule has 168 valence electrons. The maximum Gasteiger partial charge on any atom is 0.261 e. The van der Waals surface area contributed by atoms with E-state index in [0.29, 0.717) is 38.9 Å². The van der Waals surface area contributed by atoms with Gasteiger partial charge in [0.15, 0.2) is 0 Å². The summed E-state index contributed by atoms with van der Waals surface area (Å²) < 4.78 is 7.29. The number of hydrogen-bond acceptors (Lipinski definition) is 5. The number of aromatic nitrogens is 2. The van der Waals surface area contributed by atoms with E-state index in [-0.39, 0.29) is 12.2 Å². The Morgan fingerprint density at radius 1 is 1.06 bits per heavy atom. The molecule has 4 aromatic rings. The number of aliphatic hydroxyl groups is 1. The highest BCUT2D eigenvalue weighted by atomic mass is 35.5. The van der Waals surface area contributed by atoms with Gasteiger partial charge >= 0.3 is 0 Å². The topological polar surface area (TPSA) is 93.5 Å². The molecule has 9 heteroatoms. The van der Waals surface area contributed by atoms with Crippen LogP contribution >= 0.6 is 23.2 Å². The molecular formula is C24H19Cl2N3O4. The van der Waals surface area contributed by atoms with E-state index >= 15 is 0 Å². The average Bonchev–Trinajstić information content (AvgIpc) is 2.82. The number of ether oxygens (including phenoxy) is 1. The smallest absolute Gasteiger partial charge is 0.261 e. The highest BCUT2D eigenvalue weighted by Gasteiger charge is 2.09. The number of rotatable bonds is 7. The van der Waals surface area contributed by atoms with Crippen LogP contribution in [0.1, 0.15) is 11.1 Å². The van der Waals surface area contributed by atoms with Gasteiger partial charge in [-0.15, -0.1) is 0 Å². The first-order chi connectivity index (χ1) is 15.9. The highest BCUT2D eigenvalue weighted by molar-refractivity contribution is 6.34. The van der Waals surface area contributed by atoms with Crippen LogP contribution < -0.4 is 15.6 Å². The summed E-state index contributed by atoms with van der Waals surface area (Å²) in [4.78, 5) is 28.8. The molecular weight excluding hydrogens is 465 g/mol.